The summed E-state index contributed by atoms with van der Waals surface area (Å²) in [5.41, 5.74) is 0.676. The first-order chi connectivity index (χ1) is 9.88. The minimum absolute atomic E-state index is 0.000745. The highest BCUT2D eigenvalue weighted by Gasteiger charge is 2.23. The average Bonchev–Trinajstić information content (AvgIpc) is 2.36. The van der Waals surface area contributed by atoms with Crippen molar-refractivity contribution in [2.45, 2.75) is 13.8 Å². The van der Waals surface area contributed by atoms with Crippen LogP contribution in [0.15, 0.2) is 24.3 Å². The second-order valence-electron chi connectivity index (χ2n) is 4.34. The van der Waals surface area contributed by atoms with Crippen LogP contribution in [0.4, 0.5) is 11.6 Å². The van der Waals surface area contributed by atoms with E-state index in [-0.39, 0.29) is 22.4 Å². The van der Waals surface area contributed by atoms with Crippen LogP contribution in [0.1, 0.15) is 21.6 Å². The first kappa shape index (κ1) is 14.9. The number of nitro benzene ring substituents is 1. The number of hydrogen-bond donors (Lipinski definition) is 1. The van der Waals surface area contributed by atoms with Gasteiger partial charge >= 0.3 is 0 Å². The molecule has 0 saturated carbocycles. The summed E-state index contributed by atoms with van der Waals surface area (Å²) in [7, 11) is 0. The average molecular weight is 307 g/mol. The summed E-state index contributed by atoms with van der Waals surface area (Å²) in [6, 6.07) is 6.04. The van der Waals surface area contributed by atoms with E-state index < -0.39 is 10.8 Å². The molecule has 0 atom stereocenters. The van der Waals surface area contributed by atoms with Crippen molar-refractivity contribution in [3.8, 4) is 0 Å². The molecule has 8 heteroatoms. The molecule has 0 spiro atoms. The number of halogens is 1. The molecule has 21 heavy (non-hydrogen) atoms. The summed E-state index contributed by atoms with van der Waals surface area (Å²) < 4.78 is 0. The summed E-state index contributed by atoms with van der Waals surface area (Å²) in [5.74, 6) is -0.659. The molecular formula is C13H11ClN4O3. The van der Waals surface area contributed by atoms with Crippen LogP contribution in [0.3, 0.4) is 0 Å². The van der Waals surface area contributed by atoms with Crippen molar-refractivity contribution < 1.29 is 9.72 Å². The predicted molar refractivity (Wildman–Crippen MR) is 77.6 cm³/mol. The van der Waals surface area contributed by atoms with Crippen molar-refractivity contribution in [2.24, 2.45) is 0 Å². The molecule has 2 aromatic rings. The number of aromatic nitrogens is 2. The molecule has 0 aliphatic carbocycles. The molecule has 108 valence electrons. The molecule has 7 nitrogen and oxygen atoms in total. The zero-order valence-corrected chi connectivity index (χ0v) is 12.0. The van der Waals surface area contributed by atoms with Gasteiger partial charge in [-0.1, -0.05) is 23.7 Å². The Morgan fingerprint density at radius 2 is 2.05 bits per heavy atom. The highest BCUT2D eigenvalue weighted by molar-refractivity contribution is 6.29. The monoisotopic (exact) mass is 306 g/mol. The number of nitrogens with one attached hydrogen (secondary N) is 1. The Hall–Kier alpha value is -2.54. The molecule has 0 unspecified atom stereocenters. The van der Waals surface area contributed by atoms with Crippen LogP contribution in [-0.4, -0.2) is 20.8 Å². The lowest BCUT2D eigenvalue weighted by molar-refractivity contribution is -0.385. The molecule has 0 fully saturated rings. The molecule has 1 aromatic carbocycles. The molecule has 0 aliphatic heterocycles. The molecular weight excluding hydrogens is 296 g/mol. The number of anilines is 1. The Kier molecular flexibility index (Phi) is 4.13. The Morgan fingerprint density at radius 3 is 2.67 bits per heavy atom. The third-order valence-electron chi connectivity index (χ3n) is 2.71. The van der Waals surface area contributed by atoms with Crippen LogP contribution in [0.25, 0.3) is 0 Å². The third-order valence-corrected chi connectivity index (χ3v) is 2.91. The lowest BCUT2D eigenvalue weighted by Crippen LogP contribution is -2.16. The van der Waals surface area contributed by atoms with E-state index in [4.69, 9.17) is 11.6 Å². The fraction of sp³-hybridized carbons (Fsp3) is 0.154. The van der Waals surface area contributed by atoms with Gasteiger partial charge in [-0.3, -0.25) is 20.2 Å². The van der Waals surface area contributed by atoms with Crippen LogP contribution < -0.4 is 5.32 Å². The summed E-state index contributed by atoms with van der Waals surface area (Å²) in [6.07, 6.45) is 0. The number of nitro groups is 1. The molecule has 0 bridgehead atoms. The first-order valence-corrected chi connectivity index (χ1v) is 6.33. The van der Waals surface area contributed by atoms with Gasteiger partial charge in [0.15, 0.2) is 0 Å². The van der Waals surface area contributed by atoms with Crippen LogP contribution in [-0.2, 0) is 0 Å². The largest absolute Gasteiger partial charge is 0.290 e. The first-order valence-electron chi connectivity index (χ1n) is 5.95. The molecule has 0 radical (unpaired) electrons. The standard InChI is InChI=1S/C13H11ClN4O3/c1-7-4-3-5-9(11(7)18(20)21)12(19)17-13-15-8(2)6-10(14)16-13/h3-6H,1-2H3,(H,15,16,17,19). The maximum atomic E-state index is 12.2. The molecule has 1 N–H and O–H groups in total. The maximum Gasteiger partial charge on any atom is 0.285 e. The SMILES string of the molecule is Cc1cc(Cl)nc(NC(=O)c2cccc(C)c2[N+](=O)[O-])n1. The van der Waals surface area contributed by atoms with Crippen molar-refractivity contribution >= 4 is 29.1 Å². The van der Waals surface area contributed by atoms with Gasteiger partial charge in [0.1, 0.15) is 10.7 Å². The second kappa shape index (κ2) is 5.84. The Balaban J connectivity index is 2.37. The van der Waals surface area contributed by atoms with E-state index in [0.29, 0.717) is 11.3 Å². The number of carbonyl (C=O) groups excluding carboxylic acids is 1. The zero-order valence-electron chi connectivity index (χ0n) is 11.3. The van der Waals surface area contributed by atoms with Crippen LogP contribution in [0, 0.1) is 24.0 Å². The highest BCUT2D eigenvalue weighted by Crippen LogP contribution is 2.23. The van der Waals surface area contributed by atoms with E-state index in [1.807, 2.05) is 0 Å². The number of carbonyl (C=O) groups is 1. The molecule has 1 heterocycles. The Bertz CT molecular complexity index is 713. The van der Waals surface area contributed by atoms with E-state index in [9.17, 15) is 14.9 Å². The van der Waals surface area contributed by atoms with Gasteiger partial charge in [0.2, 0.25) is 5.95 Å². The van der Waals surface area contributed by atoms with Gasteiger partial charge in [-0.15, -0.1) is 0 Å². The number of para-hydroxylation sites is 1. The van der Waals surface area contributed by atoms with Gasteiger partial charge in [0.05, 0.1) is 4.92 Å². The minimum atomic E-state index is -0.660. The van der Waals surface area contributed by atoms with Crippen molar-refractivity contribution in [3.63, 3.8) is 0 Å². The molecule has 0 aliphatic rings. The third kappa shape index (κ3) is 3.32. The van der Waals surface area contributed by atoms with Crippen molar-refractivity contribution in [1.82, 2.24) is 9.97 Å². The fourth-order valence-corrected chi connectivity index (χ4v) is 2.08. The van der Waals surface area contributed by atoms with Gasteiger partial charge in [0, 0.05) is 11.3 Å². The zero-order chi connectivity index (χ0) is 15.6. The van der Waals surface area contributed by atoms with E-state index in [2.05, 4.69) is 15.3 Å². The number of rotatable bonds is 3. The van der Waals surface area contributed by atoms with E-state index >= 15 is 0 Å². The highest BCUT2D eigenvalue weighted by atomic mass is 35.5. The predicted octanol–water partition coefficient (Wildman–Crippen LogP) is 2.91. The van der Waals surface area contributed by atoms with Crippen molar-refractivity contribution in [1.29, 1.82) is 0 Å². The number of amides is 1. The molecule has 1 amide bonds. The molecule has 0 saturated heterocycles. The van der Waals surface area contributed by atoms with Crippen LogP contribution in [0.2, 0.25) is 5.15 Å². The normalized spacial score (nSPS) is 10.2. The van der Waals surface area contributed by atoms with Crippen molar-refractivity contribution in [3.05, 3.63) is 56.4 Å². The lowest BCUT2D eigenvalue weighted by Gasteiger charge is -2.06. The maximum absolute atomic E-state index is 12.2. The van der Waals surface area contributed by atoms with Gasteiger partial charge in [-0.05, 0) is 26.0 Å². The smallest absolute Gasteiger partial charge is 0.285 e. The van der Waals surface area contributed by atoms with Gasteiger partial charge in [-0.25, -0.2) is 9.97 Å². The summed E-state index contributed by atoms with van der Waals surface area (Å²) in [4.78, 5) is 30.5. The van der Waals surface area contributed by atoms with Crippen LogP contribution >= 0.6 is 11.6 Å². The minimum Gasteiger partial charge on any atom is -0.290 e. The molecule has 1 aromatic heterocycles. The Labute approximate surface area is 125 Å². The summed E-state index contributed by atoms with van der Waals surface area (Å²) >= 11 is 5.78. The summed E-state index contributed by atoms with van der Waals surface area (Å²) in [5, 5.41) is 13.7. The van der Waals surface area contributed by atoms with E-state index in [1.54, 1.807) is 26.0 Å². The number of aryl methyl sites for hydroxylation is 2. The van der Waals surface area contributed by atoms with Gasteiger partial charge in [0.25, 0.3) is 11.6 Å². The van der Waals surface area contributed by atoms with Gasteiger partial charge in [-0.2, -0.15) is 0 Å². The number of hydrogen-bond acceptors (Lipinski definition) is 5. The lowest BCUT2D eigenvalue weighted by atomic mass is 10.1. The molecule has 2 rings (SSSR count). The van der Waals surface area contributed by atoms with Crippen LogP contribution in [0.5, 0.6) is 0 Å². The number of benzene rings is 1. The van der Waals surface area contributed by atoms with E-state index in [1.165, 1.54) is 12.1 Å². The number of nitrogens with zero attached hydrogens (tertiary/aromatic N) is 3. The summed E-state index contributed by atoms with van der Waals surface area (Å²) in [6.45, 7) is 3.26. The van der Waals surface area contributed by atoms with Gasteiger partial charge < -0.3 is 0 Å². The Morgan fingerprint density at radius 1 is 1.33 bits per heavy atom. The van der Waals surface area contributed by atoms with Crippen molar-refractivity contribution in [2.75, 3.05) is 5.32 Å². The topological polar surface area (TPSA) is 98.0 Å². The fourth-order valence-electron chi connectivity index (χ4n) is 1.84. The second-order valence-corrected chi connectivity index (χ2v) is 4.73. The van der Waals surface area contributed by atoms with E-state index in [0.717, 1.165) is 0 Å². The quantitative estimate of drug-likeness (QED) is 0.534.